The molecule has 0 aromatic rings. The van der Waals surface area contributed by atoms with Gasteiger partial charge < -0.3 is 15.8 Å². The van der Waals surface area contributed by atoms with Gasteiger partial charge in [-0.1, -0.05) is 26.2 Å². The second-order valence-corrected chi connectivity index (χ2v) is 4.64. The Hall–Kier alpha value is -0.610. The topological polar surface area (TPSA) is 64.3 Å². The first-order valence-electron chi connectivity index (χ1n) is 6.25. The molecule has 0 heterocycles. The van der Waals surface area contributed by atoms with E-state index in [1.54, 1.807) is 7.05 Å². The summed E-state index contributed by atoms with van der Waals surface area (Å²) in [5.74, 6) is 0.450. The third-order valence-electron chi connectivity index (χ3n) is 3.50. The second-order valence-electron chi connectivity index (χ2n) is 4.64. The van der Waals surface area contributed by atoms with Crippen LogP contribution in [0.2, 0.25) is 0 Å². The zero-order valence-corrected chi connectivity index (χ0v) is 10.4. The minimum absolute atomic E-state index is 0.314. The van der Waals surface area contributed by atoms with Crippen LogP contribution in [0.5, 0.6) is 0 Å². The van der Waals surface area contributed by atoms with E-state index in [1.165, 1.54) is 19.3 Å². The Kier molecular flexibility index (Phi) is 5.77. The number of carbonyl (C=O) groups excluding carboxylic acids is 1. The van der Waals surface area contributed by atoms with Crippen LogP contribution in [0.3, 0.4) is 0 Å². The SMILES string of the molecule is CCC1CCCC(OCC(NC)C(N)=O)C1. The Bertz CT molecular complexity index is 221. The quantitative estimate of drug-likeness (QED) is 0.714. The number of nitrogens with one attached hydrogen (secondary N) is 1. The monoisotopic (exact) mass is 228 g/mol. The summed E-state index contributed by atoms with van der Waals surface area (Å²) >= 11 is 0. The summed E-state index contributed by atoms with van der Waals surface area (Å²) in [4.78, 5) is 11.0. The number of rotatable bonds is 6. The molecule has 1 amide bonds. The molecule has 0 aromatic heterocycles. The van der Waals surface area contributed by atoms with Crippen molar-refractivity contribution in [3.8, 4) is 0 Å². The van der Waals surface area contributed by atoms with Gasteiger partial charge in [0.25, 0.3) is 0 Å². The number of amides is 1. The molecule has 4 heteroatoms. The maximum absolute atomic E-state index is 11.0. The maximum atomic E-state index is 11.0. The Balaban J connectivity index is 2.28. The minimum Gasteiger partial charge on any atom is -0.376 e. The Morgan fingerprint density at radius 2 is 2.31 bits per heavy atom. The largest absolute Gasteiger partial charge is 0.376 e. The van der Waals surface area contributed by atoms with E-state index in [0.717, 1.165) is 18.8 Å². The molecule has 1 rings (SSSR count). The molecular formula is C12H24N2O2. The summed E-state index contributed by atoms with van der Waals surface area (Å²) in [6, 6.07) is -0.359. The highest BCUT2D eigenvalue weighted by atomic mass is 16.5. The van der Waals surface area contributed by atoms with Gasteiger partial charge in [0.15, 0.2) is 0 Å². The van der Waals surface area contributed by atoms with Gasteiger partial charge in [0, 0.05) is 0 Å². The van der Waals surface area contributed by atoms with E-state index in [9.17, 15) is 4.79 Å². The van der Waals surface area contributed by atoms with Gasteiger partial charge in [0.1, 0.15) is 6.04 Å². The van der Waals surface area contributed by atoms with Crippen molar-refractivity contribution in [3.63, 3.8) is 0 Å². The number of primary amides is 1. The van der Waals surface area contributed by atoms with Crippen molar-refractivity contribution < 1.29 is 9.53 Å². The van der Waals surface area contributed by atoms with Gasteiger partial charge in [-0.25, -0.2) is 0 Å². The zero-order valence-electron chi connectivity index (χ0n) is 10.4. The predicted molar refractivity (Wildman–Crippen MR) is 64.0 cm³/mol. The number of hydrogen-bond donors (Lipinski definition) is 2. The lowest BCUT2D eigenvalue weighted by Gasteiger charge is -2.29. The summed E-state index contributed by atoms with van der Waals surface area (Å²) in [6.45, 7) is 2.62. The van der Waals surface area contributed by atoms with Gasteiger partial charge in [-0.15, -0.1) is 0 Å². The molecule has 3 unspecified atom stereocenters. The molecule has 1 fully saturated rings. The van der Waals surface area contributed by atoms with Crippen molar-refractivity contribution in [1.82, 2.24) is 5.32 Å². The van der Waals surface area contributed by atoms with Crippen LogP contribution in [0.4, 0.5) is 0 Å². The Labute approximate surface area is 97.9 Å². The number of ether oxygens (including phenoxy) is 1. The smallest absolute Gasteiger partial charge is 0.236 e. The van der Waals surface area contributed by atoms with E-state index in [2.05, 4.69) is 12.2 Å². The first-order chi connectivity index (χ1) is 7.67. The van der Waals surface area contributed by atoms with E-state index in [-0.39, 0.29) is 11.9 Å². The first kappa shape index (κ1) is 13.5. The predicted octanol–water partition coefficient (Wildman–Crippen LogP) is 1.05. The van der Waals surface area contributed by atoms with Crippen LogP contribution in [0.1, 0.15) is 39.0 Å². The third-order valence-corrected chi connectivity index (χ3v) is 3.50. The molecule has 0 saturated heterocycles. The van der Waals surface area contributed by atoms with Crippen LogP contribution >= 0.6 is 0 Å². The molecular weight excluding hydrogens is 204 g/mol. The van der Waals surface area contributed by atoms with Crippen molar-refractivity contribution in [2.75, 3.05) is 13.7 Å². The molecule has 3 atom stereocenters. The summed E-state index contributed by atoms with van der Waals surface area (Å²) in [5, 5.41) is 2.87. The van der Waals surface area contributed by atoms with Crippen LogP contribution in [-0.2, 0) is 9.53 Å². The minimum atomic E-state index is -0.359. The summed E-state index contributed by atoms with van der Waals surface area (Å²) in [5.41, 5.74) is 5.23. The third kappa shape index (κ3) is 4.10. The molecule has 0 spiro atoms. The van der Waals surface area contributed by atoms with Gasteiger partial charge in [-0.2, -0.15) is 0 Å². The van der Waals surface area contributed by atoms with Crippen LogP contribution < -0.4 is 11.1 Å². The maximum Gasteiger partial charge on any atom is 0.236 e. The molecule has 1 saturated carbocycles. The van der Waals surface area contributed by atoms with E-state index >= 15 is 0 Å². The Morgan fingerprint density at radius 1 is 1.56 bits per heavy atom. The standard InChI is InChI=1S/C12H24N2O2/c1-3-9-5-4-6-10(7-9)16-8-11(14-2)12(13)15/h9-11,14H,3-8H2,1-2H3,(H2,13,15). The highest BCUT2D eigenvalue weighted by Gasteiger charge is 2.23. The lowest BCUT2D eigenvalue weighted by atomic mass is 9.85. The summed E-state index contributed by atoms with van der Waals surface area (Å²) < 4.78 is 5.77. The van der Waals surface area contributed by atoms with Gasteiger partial charge in [-0.05, 0) is 25.8 Å². The lowest BCUT2D eigenvalue weighted by molar-refractivity contribution is -0.122. The fourth-order valence-electron chi connectivity index (χ4n) is 2.30. The highest BCUT2D eigenvalue weighted by Crippen LogP contribution is 2.28. The molecule has 0 aromatic carbocycles. The van der Waals surface area contributed by atoms with Crippen LogP contribution in [-0.4, -0.2) is 31.7 Å². The lowest BCUT2D eigenvalue weighted by Crippen LogP contribution is -2.43. The average molecular weight is 228 g/mol. The molecule has 3 N–H and O–H groups in total. The normalized spacial score (nSPS) is 27.6. The molecule has 1 aliphatic carbocycles. The molecule has 16 heavy (non-hydrogen) atoms. The molecule has 4 nitrogen and oxygen atoms in total. The van der Waals surface area contributed by atoms with Crippen molar-refractivity contribution in [3.05, 3.63) is 0 Å². The van der Waals surface area contributed by atoms with Gasteiger partial charge in [-0.3, -0.25) is 4.79 Å². The molecule has 94 valence electrons. The molecule has 1 aliphatic rings. The molecule has 0 bridgehead atoms. The number of likely N-dealkylation sites (N-methyl/N-ethyl adjacent to an activating group) is 1. The van der Waals surface area contributed by atoms with Crippen LogP contribution in [0.15, 0.2) is 0 Å². The highest BCUT2D eigenvalue weighted by molar-refractivity contribution is 5.79. The van der Waals surface area contributed by atoms with Crippen LogP contribution in [0.25, 0.3) is 0 Å². The van der Waals surface area contributed by atoms with E-state index in [0.29, 0.717) is 12.7 Å². The Morgan fingerprint density at radius 3 is 2.88 bits per heavy atom. The van der Waals surface area contributed by atoms with Crippen molar-refractivity contribution in [2.45, 2.75) is 51.2 Å². The summed E-state index contributed by atoms with van der Waals surface area (Å²) in [7, 11) is 1.73. The first-order valence-corrected chi connectivity index (χ1v) is 6.25. The summed E-state index contributed by atoms with van der Waals surface area (Å²) in [6.07, 6.45) is 6.35. The van der Waals surface area contributed by atoms with Crippen LogP contribution in [0, 0.1) is 5.92 Å². The zero-order chi connectivity index (χ0) is 12.0. The number of nitrogens with two attached hydrogens (primary N) is 1. The fourth-order valence-corrected chi connectivity index (χ4v) is 2.30. The van der Waals surface area contributed by atoms with E-state index in [4.69, 9.17) is 10.5 Å². The van der Waals surface area contributed by atoms with Gasteiger partial charge in [0.2, 0.25) is 5.91 Å². The van der Waals surface area contributed by atoms with Gasteiger partial charge >= 0.3 is 0 Å². The van der Waals surface area contributed by atoms with E-state index in [1.807, 2.05) is 0 Å². The fraction of sp³-hybridized carbons (Fsp3) is 0.917. The van der Waals surface area contributed by atoms with Gasteiger partial charge in [0.05, 0.1) is 12.7 Å². The number of carbonyl (C=O) groups is 1. The second kappa shape index (κ2) is 6.86. The number of hydrogen-bond acceptors (Lipinski definition) is 3. The molecule has 0 radical (unpaired) electrons. The van der Waals surface area contributed by atoms with E-state index < -0.39 is 0 Å². The average Bonchev–Trinajstić information content (AvgIpc) is 2.29. The van der Waals surface area contributed by atoms with Crippen molar-refractivity contribution in [2.24, 2.45) is 11.7 Å². The van der Waals surface area contributed by atoms with Crippen molar-refractivity contribution >= 4 is 5.91 Å². The molecule has 0 aliphatic heterocycles. The van der Waals surface area contributed by atoms with Crippen molar-refractivity contribution in [1.29, 1.82) is 0 Å².